The molecule has 12 rings (SSSR count). The maximum absolute atomic E-state index is 5.35. The Balaban J connectivity index is 1.15. The van der Waals surface area contributed by atoms with Gasteiger partial charge in [0.15, 0.2) is 17.5 Å². The van der Waals surface area contributed by atoms with Gasteiger partial charge in [-0.05, 0) is 116 Å². The molecule has 0 aliphatic carbocycles. The molecule has 0 aliphatic rings. The van der Waals surface area contributed by atoms with E-state index in [9.17, 15) is 0 Å². The van der Waals surface area contributed by atoms with Crippen molar-refractivity contribution in [3.8, 4) is 73.2 Å². The topological polar surface area (TPSA) is 43.6 Å². The molecule has 0 radical (unpaired) electrons. The quantitative estimate of drug-likeness (QED) is 0.160. The fraction of sp³-hybridized carbons (Fsp3) is 0.0656. The van der Waals surface area contributed by atoms with Gasteiger partial charge in [0.1, 0.15) is 0 Å². The van der Waals surface area contributed by atoms with Crippen molar-refractivity contribution in [3.63, 3.8) is 0 Å². The minimum Gasteiger partial charge on any atom is -0.308 e. The number of thiophene rings is 1. The van der Waals surface area contributed by atoms with Gasteiger partial charge < -0.3 is 4.57 Å². The van der Waals surface area contributed by atoms with Gasteiger partial charge in [-0.3, -0.25) is 0 Å². The van der Waals surface area contributed by atoms with Crippen LogP contribution < -0.4 is 0 Å². The molecule has 3 aromatic heterocycles. The molecule has 12 aromatic rings. The lowest BCUT2D eigenvalue weighted by atomic mass is 9.97. The molecular formula is C61H44N4S. The van der Waals surface area contributed by atoms with Crippen molar-refractivity contribution >= 4 is 53.3 Å². The van der Waals surface area contributed by atoms with Crippen LogP contribution in [0.5, 0.6) is 0 Å². The molecule has 0 saturated heterocycles. The van der Waals surface area contributed by atoms with Crippen LogP contribution in [-0.4, -0.2) is 19.5 Å². The minimum absolute atomic E-state index is 0.607. The Morgan fingerprint density at radius 1 is 0.318 bits per heavy atom. The van der Waals surface area contributed by atoms with E-state index in [1.165, 1.54) is 75.5 Å². The summed E-state index contributed by atoms with van der Waals surface area (Å²) < 4.78 is 4.99. The predicted molar refractivity (Wildman–Crippen MR) is 279 cm³/mol. The van der Waals surface area contributed by atoms with E-state index >= 15 is 0 Å². The van der Waals surface area contributed by atoms with Crippen molar-refractivity contribution in [2.75, 3.05) is 0 Å². The minimum atomic E-state index is 0.607. The average Bonchev–Trinajstić information content (AvgIpc) is 3.88. The van der Waals surface area contributed by atoms with Crippen LogP contribution in [0.3, 0.4) is 0 Å². The van der Waals surface area contributed by atoms with Crippen LogP contribution in [-0.2, 0) is 0 Å². The zero-order chi connectivity index (χ0) is 44.5. The fourth-order valence-corrected chi connectivity index (χ4v) is 10.9. The van der Waals surface area contributed by atoms with E-state index in [1.807, 2.05) is 47.7 Å². The number of aromatic nitrogens is 4. The summed E-state index contributed by atoms with van der Waals surface area (Å²) in [5.41, 5.74) is 18.0. The van der Waals surface area contributed by atoms with Gasteiger partial charge in [-0.25, -0.2) is 15.0 Å². The highest BCUT2D eigenvalue weighted by atomic mass is 32.1. The van der Waals surface area contributed by atoms with Crippen molar-refractivity contribution in [1.29, 1.82) is 0 Å². The number of hydrogen-bond donors (Lipinski definition) is 0. The van der Waals surface area contributed by atoms with Crippen LogP contribution >= 0.6 is 11.3 Å². The largest absolute Gasteiger partial charge is 0.308 e. The standard InChI is InChI=1S/C61H44N4S/c1-37-27-38(2)30-47(29-37)45-20-23-54-50(33-45)51-34-46(48-31-39(3)28-40(4)32-48)21-24-55(51)65(54)56-25-19-43(44-22-26-58-52(35-44)49-17-11-12-18-57(49)66-58)36-53(56)61-63-59(41-13-7-5-8-14-41)62-60(64-61)42-15-9-6-10-16-42/h5-36H,1-4H3. The summed E-state index contributed by atoms with van der Waals surface area (Å²) in [7, 11) is 0. The lowest BCUT2D eigenvalue weighted by Gasteiger charge is -2.17. The van der Waals surface area contributed by atoms with Gasteiger partial charge >= 0.3 is 0 Å². The second-order valence-corrected chi connectivity index (χ2v) is 18.7. The van der Waals surface area contributed by atoms with Crippen LogP contribution in [0.4, 0.5) is 0 Å². The lowest BCUT2D eigenvalue weighted by molar-refractivity contribution is 1.06. The molecule has 5 heteroatoms. The second kappa shape index (κ2) is 15.9. The third-order valence-electron chi connectivity index (χ3n) is 12.8. The van der Waals surface area contributed by atoms with E-state index in [2.05, 4.69) is 190 Å². The first-order chi connectivity index (χ1) is 32.3. The number of nitrogens with zero attached hydrogens (tertiary/aromatic N) is 4. The van der Waals surface area contributed by atoms with Crippen molar-refractivity contribution in [1.82, 2.24) is 19.5 Å². The Labute approximate surface area is 388 Å². The van der Waals surface area contributed by atoms with E-state index in [0.717, 1.165) is 44.5 Å². The molecule has 66 heavy (non-hydrogen) atoms. The lowest BCUT2D eigenvalue weighted by Crippen LogP contribution is -2.04. The van der Waals surface area contributed by atoms with Crippen molar-refractivity contribution in [2.45, 2.75) is 27.7 Å². The molecule has 0 aliphatic heterocycles. The molecule has 0 fully saturated rings. The molecule has 0 atom stereocenters. The maximum Gasteiger partial charge on any atom is 0.166 e. The summed E-state index contributed by atoms with van der Waals surface area (Å²) in [5, 5.41) is 4.91. The molecule has 0 saturated carbocycles. The third-order valence-corrected chi connectivity index (χ3v) is 13.9. The molecule has 0 bridgehead atoms. The number of hydrogen-bond acceptors (Lipinski definition) is 4. The Morgan fingerprint density at radius 3 is 1.33 bits per heavy atom. The smallest absolute Gasteiger partial charge is 0.166 e. The molecule has 3 heterocycles. The van der Waals surface area contributed by atoms with Crippen LogP contribution in [0.25, 0.3) is 115 Å². The number of fused-ring (bicyclic) bond motifs is 6. The fourth-order valence-electron chi connectivity index (χ4n) is 9.85. The van der Waals surface area contributed by atoms with Crippen LogP contribution in [0, 0.1) is 27.7 Å². The van der Waals surface area contributed by atoms with Crippen LogP contribution in [0.2, 0.25) is 0 Å². The van der Waals surface area contributed by atoms with E-state index < -0.39 is 0 Å². The van der Waals surface area contributed by atoms with Crippen molar-refractivity contribution in [3.05, 3.63) is 216 Å². The Hall–Kier alpha value is -7.99. The molecule has 0 amide bonds. The molecule has 4 nitrogen and oxygen atoms in total. The first kappa shape index (κ1) is 39.6. The van der Waals surface area contributed by atoms with Gasteiger partial charge in [-0.2, -0.15) is 0 Å². The van der Waals surface area contributed by atoms with Crippen LogP contribution in [0.15, 0.2) is 194 Å². The summed E-state index contributed by atoms with van der Waals surface area (Å²) in [6.45, 7) is 8.71. The number of rotatable bonds is 7. The highest BCUT2D eigenvalue weighted by Gasteiger charge is 2.22. The van der Waals surface area contributed by atoms with Crippen molar-refractivity contribution < 1.29 is 0 Å². The van der Waals surface area contributed by atoms with E-state index in [4.69, 9.17) is 15.0 Å². The summed E-state index contributed by atoms with van der Waals surface area (Å²) in [4.78, 5) is 15.8. The van der Waals surface area contributed by atoms with Gasteiger partial charge in [0.25, 0.3) is 0 Å². The van der Waals surface area contributed by atoms with Gasteiger partial charge in [0.2, 0.25) is 0 Å². The van der Waals surface area contributed by atoms with Gasteiger partial charge in [0, 0.05) is 47.6 Å². The molecule has 0 spiro atoms. The monoisotopic (exact) mass is 864 g/mol. The summed E-state index contributed by atoms with van der Waals surface area (Å²) in [6.07, 6.45) is 0. The maximum atomic E-state index is 5.35. The first-order valence-electron chi connectivity index (χ1n) is 22.5. The van der Waals surface area contributed by atoms with Gasteiger partial charge in [-0.15, -0.1) is 11.3 Å². The van der Waals surface area contributed by atoms with Gasteiger partial charge in [0.05, 0.1) is 16.7 Å². The van der Waals surface area contributed by atoms with Crippen LogP contribution in [0.1, 0.15) is 22.3 Å². The zero-order valence-corrected chi connectivity index (χ0v) is 38.0. The highest BCUT2D eigenvalue weighted by molar-refractivity contribution is 7.25. The third kappa shape index (κ3) is 7.05. The van der Waals surface area contributed by atoms with E-state index in [0.29, 0.717) is 17.5 Å². The van der Waals surface area contributed by atoms with Crippen molar-refractivity contribution in [2.24, 2.45) is 0 Å². The molecule has 314 valence electrons. The molecular weight excluding hydrogens is 821 g/mol. The summed E-state index contributed by atoms with van der Waals surface area (Å²) in [5.74, 6) is 1.86. The van der Waals surface area contributed by atoms with E-state index in [1.54, 1.807) is 0 Å². The predicted octanol–water partition coefficient (Wildman–Crippen LogP) is 16.6. The first-order valence-corrected chi connectivity index (χ1v) is 23.3. The average molecular weight is 865 g/mol. The molecule has 0 unspecified atom stereocenters. The molecule has 9 aromatic carbocycles. The highest BCUT2D eigenvalue weighted by Crippen LogP contribution is 2.42. The SMILES string of the molecule is Cc1cc(C)cc(-c2ccc3c(c2)c2cc(-c4cc(C)cc(C)c4)ccc2n3-c2ccc(-c3ccc4sc5ccccc5c4c3)cc2-c2nc(-c3ccccc3)nc(-c3ccccc3)n2)c1. The number of aryl methyl sites for hydroxylation is 4. The zero-order valence-electron chi connectivity index (χ0n) is 37.2. The second-order valence-electron chi connectivity index (χ2n) is 17.6. The normalized spacial score (nSPS) is 11.6. The Kier molecular flexibility index (Phi) is 9.55. The Bertz CT molecular complexity index is 3650. The number of benzene rings is 9. The summed E-state index contributed by atoms with van der Waals surface area (Å²) >= 11 is 1.84. The summed E-state index contributed by atoms with van der Waals surface area (Å²) in [6, 6.07) is 70.4. The Morgan fingerprint density at radius 2 is 0.758 bits per heavy atom. The molecule has 0 N–H and O–H groups in total. The van der Waals surface area contributed by atoms with Gasteiger partial charge in [-0.1, -0.05) is 162 Å². The van der Waals surface area contributed by atoms with E-state index in [-0.39, 0.29) is 0 Å².